The van der Waals surface area contributed by atoms with Crippen LogP contribution in [0.1, 0.15) is 208 Å². The van der Waals surface area contributed by atoms with E-state index in [2.05, 4.69) is 351 Å². The van der Waals surface area contributed by atoms with Gasteiger partial charge in [-0.25, -0.2) is 34.5 Å². The minimum atomic E-state index is 0.225. The Hall–Kier alpha value is -10.9. The number of anilines is 12. The Labute approximate surface area is 697 Å². The highest BCUT2D eigenvalue weighted by molar-refractivity contribution is 6.10. The maximum atomic E-state index is 4.48. The Bertz CT molecular complexity index is 4210. The topological polar surface area (TPSA) is 125 Å². The SMILES string of the molecule is CC.CC.CC.CC.CC.CC.CC.CC.CC.CC.CC.Cc1cccc2c3ccccc3n(-c3cccc[n+]3C)c12.Cc1ccccc1N1c2cnccc2N(C)[C@@H]1C.Cc1ccccc1N1c2cncnc2N(C)[C@@H]1C.Cc1ccccc1N1c2nccnc2N(C)[C@@H]1C.Cc1ccccc1N1c2ncncc2N(C)[C@@H]1C. The molecule has 0 fully saturated rings. The summed E-state index contributed by atoms with van der Waals surface area (Å²) < 4.78 is 4.53. The number of fused-ring (bicyclic) bond motifs is 7. The quantitative estimate of drug-likeness (QED) is 0.152. The van der Waals surface area contributed by atoms with Gasteiger partial charge in [0.15, 0.2) is 23.3 Å². The summed E-state index contributed by atoms with van der Waals surface area (Å²) in [5, 5.41) is 2.62. The van der Waals surface area contributed by atoms with Crippen molar-refractivity contribution < 1.29 is 4.57 Å². The third-order valence-corrected chi connectivity index (χ3v) is 18.6. The lowest BCUT2D eigenvalue weighted by molar-refractivity contribution is -0.665. The van der Waals surface area contributed by atoms with Crippen LogP contribution < -0.4 is 43.8 Å². The molecule has 6 aromatic carbocycles. The molecule has 0 bridgehead atoms. The molecule has 0 saturated carbocycles. The molecule has 6 aromatic heterocycles. The van der Waals surface area contributed by atoms with Gasteiger partial charge in [0.1, 0.15) is 59.7 Å². The van der Waals surface area contributed by atoms with Gasteiger partial charge >= 0.3 is 0 Å². The van der Waals surface area contributed by atoms with E-state index in [0.29, 0.717) is 6.17 Å². The van der Waals surface area contributed by atoms with E-state index in [-0.39, 0.29) is 18.5 Å². The summed E-state index contributed by atoms with van der Waals surface area (Å²) in [5.41, 5.74) is 18.3. The van der Waals surface area contributed by atoms with E-state index in [1.165, 1.54) is 89.6 Å². The van der Waals surface area contributed by atoms with Crippen LogP contribution in [0.15, 0.2) is 220 Å². The van der Waals surface area contributed by atoms with Gasteiger partial charge in [-0.15, -0.1) is 0 Å². The Morgan fingerprint density at radius 3 is 1.13 bits per heavy atom. The highest BCUT2D eigenvalue weighted by atomic mass is 15.5. The molecule has 115 heavy (non-hydrogen) atoms. The summed E-state index contributed by atoms with van der Waals surface area (Å²) in [5.74, 6) is 5.02. The fourth-order valence-corrected chi connectivity index (χ4v) is 13.1. The van der Waals surface area contributed by atoms with Crippen LogP contribution in [0, 0.1) is 34.6 Å². The molecule has 10 heterocycles. The number of hydrogen-bond acceptors (Lipinski definition) is 15. The number of hydrogen-bond donors (Lipinski definition) is 0. The second kappa shape index (κ2) is 54.7. The molecule has 0 spiro atoms. The highest BCUT2D eigenvalue weighted by Gasteiger charge is 2.37. The zero-order valence-corrected chi connectivity index (χ0v) is 77.7. The number of para-hydroxylation sites is 6. The number of aromatic nitrogens is 9. The maximum Gasteiger partial charge on any atom is 0.286 e. The average molecular weight is 1560 g/mol. The number of aryl methyl sites for hydroxylation is 6. The largest absolute Gasteiger partial charge is 0.352 e. The van der Waals surface area contributed by atoms with Crippen molar-refractivity contribution >= 4 is 90.6 Å². The van der Waals surface area contributed by atoms with Crippen molar-refractivity contribution in [2.24, 2.45) is 7.05 Å². The lowest BCUT2D eigenvalue weighted by Gasteiger charge is -2.28. The minimum Gasteiger partial charge on any atom is -0.352 e. The first kappa shape index (κ1) is 102. The molecule has 17 heteroatoms. The van der Waals surface area contributed by atoms with Crippen molar-refractivity contribution in [3.05, 3.63) is 248 Å². The second-order valence-electron chi connectivity index (χ2n) is 24.1. The number of nitrogens with zero attached hydrogens (tertiary/aromatic N) is 17. The fourth-order valence-electron chi connectivity index (χ4n) is 13.1. The molecule has 624 valence electrons. The summed E-state index contributed by atoms with van der Waals surface area (Å²) in [7, 11) is 10.4. The predicted molar refractivity (Wildman–Crippen MR) is 507 cm³/mol. The molecule has 0 aliphatic carbocycles. The molecule has 0 amide bonds. The molecule has 4 atom stereocenters. The molecular weight excluding hydrogens is 1420 g/mol. The lowest BCUT2D eigenvalue weighted by atomic mass is 10.1. The van der Waals surface area contributed by atoms with Gasteiger partial charge in [-0.1, -0.05) is 255 Å². The van der Waals surface area contributed by atoms with Gasteiger partial charge < -0.3 is 39.2 Å². The van der Waals surface area contributed by atoms with Crippen LogP contribution in [0.4, 0.5) is 68.8 Å². The average Bonchev–Trinajstić information content (AvgIpc) is 1.59. The lowest BCUT2D eigenvalue weighted by Crippen LogP contribution is -2.36. The van der Waals surface area contributed by atoms with Crippen LogP contribution in [0.25, 0.3) is 27.6 Å². The summed E-state index contributed by atoms with van der Waals surface area (Å²) in [6.07, 6.45) is 17.4. The molecule has 0 radical (unpaired) electrons. The number of pyridine rings is 2. The molecule has 4 aliphatic heterocycles. The summed E-state index contributed by atoms with van der Waals surface area (Å²) in [6.45, 7) is 63.4. The number of rotatable bonds is 5. The first-order chi connectivity index (χ1) is 56.1. The van der Waals surface area contributed by atoms with Crippen molar-refractivity contribution in [2.45, 2.75) is 239 Å². The number of benzene rings is 6. The zero-order valence-electron chi connectivity index (χ0n) is 77.7. The van der Waals surface area contributed by atoms with Crippen LogP contribution in [0.2, 0.25) is 0 Å². The van der Waals surface area contributed by atoms with E-state index in [9.17, 15) is 0 Å². The van der Waals surface area contributed by atoms with Crippen molar-refractivity contribution in [1.82, 2.24) is 39.5 Å². The molecule has 4 aliphatic rings. The Balaban J connectivity index is 0.000000677. The summed E-state index contributed by atoms with van der Waals surface area (Å²) >= 11 is 0. The van der Waals surface area contributed by atoms with Crippen molar-refractivity contribution in [1.29, 1.82) is 0 Å². The molecular formula is C98H148N17+. The van der Waals surface area contributed by atoms with Crippen molar-refractivity contribution in [3.8, 4) is 5.82 Å². The van der Waals surface area contributed by atoms with E-state index in [1.54, 1.807) is 25.0 Å². The van der Waals surface area contributed by atoms with Gasteiger partial charge in [-0.05, 0) is 145 Å². The normalized spacial score (nSPS) is 13.9. The smallest absolute Gasteiger partial charge is 0.286 e. The molecule has 12 aromatic rings. The van der Waals surface area contributed by atoms with Gasteiger partial charge in [0, 0.05) is 86.4 Å². The van der Waals surface area contributed by atoms with Gasteiger partial charge in [0.25, 0.3) is 5.82 Å². The van der Waals surface area contributed by atoms with E-state index >= 15 is 0 Å². The minimum absolute atomic E-state index is 0.225. The maximum absolute atomic E-state index is 4.48. The standard InChI is InChI=1S/C19H17N2.C15H17N3.3C14H16N4.11C2H6/c1-14-8-7-10-16-15-9-3-4-11-17(15)21(19(14)16)18-12-5-6-13-20(18)2;1-11-6-4-5-7-13(11)18-12(2)17(3)14-8-9-16-10-15(14)18;1-10-6-4-5-7-12(10)18-11(2)17(3)14-13(18)8-15-9-16-14;1-10-6-4-5-7-12(10)18-11(2)17(3)13-8-15-9-16-14(13)18;1-10-6-4-5-7-12(10)18-11(2)17(3)13-14(18)16-9-8-15-13;11*1-2/h3-13H,1-2H3;4-10,12H,1-3H3;3*4-9,11H,1-3H3;11*1-2H3/q+1;;;;;;;;;;;;;;;/t;12-;3*11-;;;;;;;;;;;/m.0000.........../s1. The van der Waals surface area contributed by atoms with E-state index in [4.69, 9.17) is 0 Å². The molecule has 0 N–H and O–H groups in total. The molecule has 0 unspecified atom stereocenters. The van der Waals surface area contributed by atoms with Gasteiger partial charge in [-0.2, -0.15) is 4.57 Å². The monoisotopic (exact) mass is 1560 g/mol. The highest BCUT2D eigenvalue weighted by Crippen LogP contribution is 2.46. The fraction of sp³-hybridized carbons (Fsp3) is 0.408. The predicted octanol–water partition coefficient (Wildman–Crippen LogP) is 26.7. The summed E-state index contributed by atoms with van der Waals surface area (Å²) in [4.78, 5) is 48.1. The summed E-state index contributed by atoms with van der Waals surface area (Å²) in [6, 6.07) is 57.2. The first-order valence-electron chi connectivity index (χ1n) is 42.7. The van der Waals surface area contributed by atoms with Crippen LogP contribution in [0.5, 0.6) is 0 Å². The third kappa shape index (κ3) is 24.1. The van der Waals surface area contributed by atoms with E-state index in [0.717, 1.165) is 34.6 Å². The van der Waals surface area contributed by atoms with Crippen LogP contribution in [-0.4, -0.2) is 92.3 Å². The van der Waals surface area contributed by atoms with Crippen LogP contribution >= 0.6 is 0 Å². The van der Waals surface area contributed by atoms with Crippen LogP contribution in [-0.2, 0) is 7.05 Å². The zero-order chi connectivity index (χ0) is 87.2. The van der Waals surface area contributed by atoms with Crippen molar-refractivity contribution in [3.63, 3.8) is 0 Å². The van der Waals surface area contributed by atoms with Crippen LogP contribution in [0.3, 0.4) is 0 Å². The molecule has 17 nitrogen and oxygen atoms in total. The Morgan fingerprint density at radius 1 is 0.278 bits per heavy atom. The Morgan fingerprint density at radius 2 is 0.635 bits per heavy atom. The van der Waals surface area contributed by atoms with E-state index < -0.39 is 0 Å². The Kier molecular flexibility index (Phi) is 48.6. The third-order valence-electron chi connectivity index (χ3n) is 18.6. The molecule has 0 saturated heterocycles. The van der Waals surface area contributed by atoms with Gasteiger partial charge in [0.05, 0.1) is 43.2 Å². The second-order valence-corrected chi connectivity index (χ2v) is 24.1. The van der Waals surface area contributed by atoms with Gasteiger partial charge in [0.2, 0.25) is 0 Å². The van der Waals surface area contributed by atoms with Crippen molar-refractivity contribution in [2.75, 3.05) is 67.4 Å². The van der Waals surface area contributed by atoms with E-state index in [1.807, 2.05) is 177 Å². The molecule has 16 rings (SSSR count). The van der Waals surface area contributed by atoms with Gasteiger partial charge in [-0.3, -0.25) is 4.98 Å². The first-order valence-corrected chi connectivity index (χ1v) is 42.7.